The van der Waals surface area contributed by atoms with Gasteiger partial charge in [0.2, 0.25) is 0 Å². The van der Waals surface area contributed by atoms with E-state index in [0.717, 1.165) is 0 Å². The summed E-state index contributed by atoms with van der Waals surface area (Å²) in [6, 6.07) is 4.63. The van der Waals surface area contributed by atoms with Crippen molar-refractivity contribution in [3.8, 4) is 11.5 Å². The minimum atomic E-state index is -0.708. The highest BCUT2D eigenvalue weighted by atomic mass is 16.5. The van der Waals surface area contributed by atoms with Gasteiger partial charge in [-0.3, -0.25) is 9.59 Å². The molecule has 1 unspecified atom stereocenters. The minimum Gasteiger partial charge on any atom is -0.503 e. The largest absolute Gasteiger partial charge is 0.503 e. The fraction of sp³-hybridized carbons (Fsp3) is 0.545. The summed E-state index contributed by atoms with van der Waals surface area (Å²) in [7, 11) is 1.54. The fourth-order valence-corrected chi connectivity index (χ4v) is 3.30. The number of rotatable bonds is 10. The number of carbonyl (C=O) groups excluding carboxylic acids is 2. The van der Waals surface area contributed by atoms with E-state index >= 15 is 0 Å². The van der Waals surface area contributed by atoms with E-state index in [1.807, 2.05) is 20.8 Å². The number of nitrogens with zero attached hydrogens (tertiary/aromatic N) is 1. The van der Waals surface area contributed by atoms with Gasteiger partial charge < -0.3 is 24.2 Å². The summed E-state index contributed by atoms with van der Waals surface area (Å²) in [4.78, 5) is 27.0. The van der Waals surface area contributed by atoms with Gasteiger partial charge in [0.15, 0.2) is 23.0 Å². The molecule has 0 saturated heterocycles. The van der Waals surface area contributed by atoms with Crippen molar-refractivity contribution in [3.63, 3.8) is 0 Å². The molecule has 1 heterocycles. The van der Waals surface area contributed by atoms with E-state index in [9.17, 15) is 14.7 Å². The average Bonchev–Trinajstić information content (AvgIpc) is 2.91. The Labute approximate surface area is 172 Å². The monoisotopic (exact) mass is 405 g/mol. The number of ketones is 1. The molecule has 1 aliphatic rings. The van der Waals surface area contributed by atoms with Crippen molar-refractivity contribution in [2.45, 2.75) is 46.8 Å². The number of hydrogen-bond acceptors (Lipinski definition) is 6. The number of hydrogen-bond donors (Lipinski definition) is 1. The molecule has 0 spiro atoms. The zero-order chi connectivity index (χ0) is 21.7. The molecule has 2 rings (SSSR count). The molecule has 29 heavy (non-hydrogen) atoms. The number of benzene rings is 1. The lowest BCUT2D eigenvalue weighted by molar-refractivity contribution is -0.130. The lowest BCUT2D eigenvalue weighted by atomic mass is 9.91. The summed E-state index contributed by atoms with van der Waals surface area (Å²) in [5.74, 6) is -0.577. The lowest BCUT2D eigenvalue weighted by Crippen LogP contribution is -2.34. The first-order valence-electron chi connectivity index (χ1n) is 9.93. The van der Waals surface area contributed by atoms with Crippen LogP contribution in [0.4, 0.5) is 0 Å². The molecule has 1 atom stereocenters. The molecule has 0 aromatic heterocycles. The van der Waals surface area contributed by atoms with Crippen LogP contribution in [-0.2, 0) is 14.3 Å². The van der Waals surface area contributed by atoms with E-state index in [-0.39, 0.29) is 36.5 Å². The summed E-state index contributed by atoms with van der Waals surface area (Å²) in [6.07, 6.45) is -0.0339. The zero-order valence-corrected chi connectivity index (χ0v) is 18.0. The van der Waals surface area contributed by atoms with Gasteiger partial charge in [0.25, 0.3) is 5.91 Å². The lowest BCUT2D eigenvalue weighted by Gasteiger charge is -2.27. The molecule has 1 N–H and O–H groups in total. The van der Waals surface area contributed by atoms with Crippen LogP contribution in [-0.4, -0.2) is 54.7 Å². The molecule has 1 amide bonds. The van der Waals surface area contributed by atoms with Gasteiger partial charge in [-0.15, -0.1) is 0 Å². The van der Waals surface area contributed by atoms with Crippen molar-refractivity contribution in [1.82, 2.24) is 4.90 Å². The molecular weight excluding hydrogens is 374 g/mol. The van der Waals surface area contributed by atoms with Crippen LogP contribution < -0.4 is 9.47 Å². The van der Waals surface area contributed by atoms with Crippen LogP contribution in [0.15, 0.2) is 29.5 Å². The molecule has 7 heteroatoms. The first-order valence-corrected chi connectivity index (χ1v) is 9.93. The highest BCUT2D eigenvalue weighted by Gasteiger charge is 2.44. The highest BCUT2D eigenvalue weighted by Crippen LogP contribution is 2.41. The predicted molar refractivity (Wildman–Crippen MR) is 109 cm³/mol. The summed E-state index contributed by atoms with van der Waals surface area (Å²) in [6.45, 7) is 10.2. The first kappa shape index (κ1) is 22.7. The van der Waals surface area contributed by atoms with Crippen molar-refractivity contribution in [2.24, 2.45) is 5.92 Å². The van der Waals surface area contributed by atoms with Gasteiger partial charge in [0, 0.05) is 19.6 Å². The fourth-order valence-electron chi connectivity index (χ4n) is 3.30. The summed E-state index contributed by atoms with van der Waals surface area (Å²) < 4.78 is 16.7. The summed E-state index contributed by atoms with van der Waals surface area (Å²) >= 11 is 0. The van der Waals surface area contributed by atoms with Crippen molar-refractivity contribution >= 4 is 11.7 Å². The van der Waals surface area contributed by atoms with Crippen molar-refractivity contribution in [2.75, 3.05) is 26.9 Å². The summed E-state index contributed by atoms with van der Waals surface area (Å²) in [5, 5.41) is 10.5. The average molecular weight is 405 g/mol. The van der Waals surface area contributed by atoms with Gasteiger partial charge in [-0.05, 0) is 38.5 Å². The van der Waals surface area contributed by atoms with Gasteiger partial charge in [0.05, 0.1) is 30.9 Å². The molecule has 0 radical (unpaired) electrons. The Morgan fingerprint density at radius 1 is 1.21 bits per heavy atom. The second kappa shape index (κ2) is 9.78. The minimum absolute atomic E-state index is 0.0339. The summed E-state index contributed by atoms with van der Waals surface area (Å²) in [5.41, 5.74) is 0.781. The van der Waals surface area contributed by atoms with Crippen molar-refractivity contribution < 1.29 is 28.9 Å². The molecule has 160 valence electrons. The standard InChI is InChI=1S/C22H31NO6/c1-7-28-17-12-15(8-9-16(17)29-14(4)5)19-18(20(24)13(2)3)21(25)22(26)23(19)10-11-27-6/h8-9,12-14,19,25H,7,10-11H2,1-6H3. The van der Waals surface area contributed by atoms with Gasteiger partial charge >= 0.3 is 0 Å². The Bertz CT molecular complexity index is 784. The third kappa shape index (κ3) is 4.90. The molecule has 7 nitrogen and oxygen atoms in total. The number of carbonyl (C=O) groups is 2. The molecule has 1 aliphatic heterocycles. The molecule has 0 saturated carbocycles. The van der Waals surface area contributed by atoms with Crippen LogP contribution >= 0.6 is 0 Å². The van der Waals surface area contributed by atoms with E-state index in [2.05, 4.69) is 0 Å². The Morgan fingerprint density at radius 2 is 1.90 bits per heavy atom. The van der Waals surface area contributed by atoms with Crippen LogP contribution in [0.25, 0.3) is 0 Å². The Kier molecular flexibility index (Phi) is 7.67. The molecule has 0 fully saturated rings. The van der Waals surface area contributed by atoms with Crippen LogP contribution in [0.1, 0.15) is 46.2 Å². The Balaban J connectivity index is 2.56. The van der Waals surface area contributed by atoms with E-state index in [4.69, 9.17) is 14.2 Å². The van der Waals surface area contributed by atoms with Gasteiger partial charge in [-0.2, -0.15) is 0 Å². The molecular formula is C22H31NO6. The molecule has 1 aromatic rings. The third-order valence-electron chi connectivity index (χ3n) is 4.58. The quantitative estimate of drug-likeness (QED) is 0.642. The van der Waals surface area contributed by atoms with Crippen LogP contribution in [0.3, 0.4) is 0 Å². The van der Waals surface area contributed by atoms with Crippen LogP contribution in [0.2, 0.25) is 0 Å². The van der Waals surface area contributed by atoms with E-state index in [1.54, 1.807) is 32.0 Å². The number of Topliss-reactive ketones (excluding diaryl/α,β-unsaturated/α-hetero) is 1. The second-order valence-corrected chi connectivity index (χ2v) is 7.48. The normalized spacial score (nSPS) is 16.9. The van der Waals surface area contributed by atoms with Crippen molar-refractivity contribution in [3.05, 3.63) is 35.1 Å². The molecule has 0 bridgehead atoms. The SMILES string of the molecule is CCOc1cc(C2C(C(=O)C(C)C)=C(O)C(=O)N2CCOC)ccc1OC(C)C. The Morgan fingerprint density at radius 3 is 2.45 bits per heavy atom. The first-order chi connectivity index (χ1) is 13.7. The number of ether oxygens (including phenoxy) is 3. The number of aliphatic hydroxyl groups excluding tert-OH is 1. The maximum Gasteiger partial charge on any atom is 0.290 e. The molecule has 1 aromatic carbocycles. The van der Waals surface area contributed by atoms with Crippen LogP contribution in [0.5, 0.6) is 11.5 Å². The number of amides is 1. The van der Waals surface area contributed by atoms with Gasteiger partial charge in [-0.1, -0.05) is 19.9 Å². The van der Waals surface area contributed by atoms with E-state index in [1.165, 1.54) is 12.0 Å². The number of aliphatic hydroxyl groups is 1. The van der Waals surface area contributed by atoms with Gasteiger partial charge in [0.1, 0.15) is 0 Å². The predicted octanol–water partition coefficient (Wildman–Crippen LogP) is 3.44. The number of methoxy groups -OCH3 is 1. The third-order valence-corrected chi connectivity index (χ3v) is 4.58. The van der Waals surface area contributed by atoms with E-state index in [0.29, 0.717) is 23.7 Å². The molecule has 0 aliphatic carbocycles. The van der Waals surface area contributed by atoms with Gasteiger partial charge in [-0.25, -0.2) is 0 Å². The maximum absolute atomic E-state index is 12.8. The van der Waals surface area contributed by atoms with E-state index < -0.39 is 17.7 Å². The topological polar surface area (TPSA) is 85.3 Å². The maximum atomic E-state index is 12.8. The highest BCUT2D eigenvalue weighted by molar-refractivity contribution is 6.09. The van der Waals surface area contributed by atoms with Crippen LogP contribution in [0, 0.1) is 5.92 Å². The second-order valence-electron chi connectivity index (χ2n) is 7.48. The Hall–Kier alpha value is -2.54. The smallest absolute Gasteiger partial charge is 0.290 e. The van der Waals surface area contributed by atoms with Crippen molar-refractivity contribution in [1.29, 1.82) is 0 Å². The zero-order valence-electron chi connectivity index (χ0n) is 18.0.